The molecule has 1 unspecified atom stereocenters. The predicted octanol–water partition coefficient (Wildman–Crippen LogP) is 3.75. The third-order valence-electron chi connectivity index (χ3n) is 2.68. The highest BCUT2D eigenvalue weighted by Crippen LogP contribution is 2.15. The van der Waals surface area contributed by atoms with Crippen molar-refractivity contribution in [3.8, 4) is 0 Å². The van der Waals surface area contributed by atoms with Crippen LogP contribution in [-0.2, 0) is 0 Å². The van der Waals surface area contributed by atoms with E-state index in [-0.39, 0.29) is 0 Å². The number of furan rings is 1. The third kappa shape index (κ3) is 4.52. The van der Waals surface area contributed by atoms with E-state index in [0.29, 0.717) is 12.1 Å². The summed E-state index contributed by atoms with van der Waals surface area (Å²) in [5.74, 6) is 1.81. The maximum absolute atomic E-state index is 5.36. The van der Waals surface area contributed by atoms with E-state index in [4.69, 9.17) is 4.42 Å². The Hall–Kier alpha value is -0.760. The van der Waals surface area contributed by atoms with Crippen molar-refractivity contribution in [3.63, 3.8) is 0 Å². The van der Waals surface area contributed by atoms with Gasteiger partial charge in [0.25, 0.3) is 0 Å². The van der Waals surface area contributed by atoms with Crippen molar-refractivity contribution in [1.29, 1.82) is 0 Å². The average molecular weight is 209 g/mol. The summed E-state index contributed by atoms with van der Waals surface area (Å²) in [4.78, 5) is 0. The zero-order valence-corrected chi connectivity index (χ0v) is 10.3. The quantitative estimate of drug-likeness (QED) is 0.771. The molecule has 0 amide bonds. The molecule has 1 rings (SSSR count). The van der Waals surface area contributed by atoms with Gasteiger partial charge in [0.1, 0.15) is 5.76 Å². The molecule has 0 aromatic carbocycles. The van der Waals surface area contributed by atoms with Gasteiger partial charge in [-0.3, -0.25) is 0 Å². The van der Waals surface area contributed by atoms with E-state index in [1.54, 1.807) is 6.26 Å². The summed E-state index contributed by atoms with van der Waals surface area (Å²) in [5, 5.41) is 3.54. The van der Waals surface area contributed by atoms with Crippen molar-refractivity contribution in [2.75, 3.05) is 0 Å². The molecule has 0 spiro atoms. The molecule has 2 atom stereocenters. The molecule has 0 fully saturated rings. The Bertz CT molecular complexity index is 254. The molecule has 1 aromatic rings. The Balaban J connectivity index is 2.28. The van der Waals surface area contributed by atoms with Crippen molar-refractivity contribution in [2.45, 2.75) is 52.6 Å². The first-order valence-corrected chi connectivity index (χ1v) is 5.89. The highest BCUT2D eigenvalue weighted by molar-refractivity contribution is 5.03. The molecule has 2 heteroatoms. The van der Waals surface area contributed by atoms with Crippen LogP contribution in [0.25, 0.3) is 0 Å². The smallest absolute Gasteiger partial charge is 0.120 e. The molecule has 0 radical (unpaired) electrons. The molecule has 0 aliphatic carbocycles. The number of nitrogens with one attached hydrogen (secondary N) is 1. The van der Waals surface area contributed by atoms with Crippen LogP contribution >= 0.6 is 0 Å². The van der Waals surface area contributed by atoms with Crippen molar-refractivity contribution in [2.24, 2.45) is 5.92 Å². The highest BCUT2D eigenvalue weighted by Gasteiger charge is 2.11. The lowest BCUT2D eigenvalue weighted by Gasteiger charge is -2.19. The van der Waals surface area contributed by atoms with Crippen LogP contribution in [-0.4, -0.2) is 6.04 Å². The molecule has 1 N–H and O–H groups in total. The van der Waals surface area contributed by atoms with Gasteiger partial charge >= 0.3 is 0 Å². The lowest BCUT2D eigenvalue weighted by Crippen LogP contribution is -2.28. The number of rotatable bonds is 6. The van der Waals surface area contributed by atoms with Gasteiger partial charge in [-0.05, 0) is 44.7 Å². The van der Waals surface area contributed by atoms with Gasteiger partial charge < -0.3 is 9.73 Å². The van der Waals surface area contributed by atoms with Crippen molar-refractivity contribution in [3.05, 3.63) is 24.2 Å². The van der Waals surface area contributed by atoms with E-state index in [1.807, 2.05) is 12.1 Å². The van der Waals surface area contributed by atoms with E-state index in [2.05, 4.69) is 33.0 Å². The van der Waals surface area contributed by atoms with Crippen LogP contribution in [0.2, 0.25) is 0 Å². The van der Waals surface area contributed by atoms with Crippen molar-refractivity contribution in [1.82, 2.24) is 5.32 Å². The molecule has 1 heterocycles. The van der Waals surface area contributed by atoms with E-state index >= 15 is 0 Å². The number of hydrogen-bond acceptors (Lipinski definition) is 2. The predicted molar refractivity (Wildman–Crippen MR) is 63.8 cm³/mol. The first-order valence-electron chi connectivity index (χ1n) is 5.89. The molecule has 2 nitrogen and oxygen atoms in total. The summed E-state index contributed by atoms with van der Waals surface area (Å²) in [6, 6.07) is 4.81. The van der Waals surface area contributed by atoms with Crippen LogP contribution in [0.3, 0.4) is 0 Å². The molecular weight excluding hydrogens is 186 g/mol. The Morgan fingerprint density at radius 1 is 1.20 bits per heavy atom. The minimum Gasteiger partial charge on any atom is -0.468 e. The van der Waals surface area contributed by atoms with Crippen molar-refractivity contribution >= 4 is 0 Å². The second-order valence-electron chi connectivity index (χ2n) is 4.78. The van der Waals surface area contributed by atoms with E-state index in [9.17, 15) is 0 Å². The lowest BCUT2D eigenvalue weighted by atomic mass is 10.0. The normalized spacial score (nSPS) is 15.5. The van der Waals surface area contributed by atoms with Crippen LogP contribution in [0.15, 0.2) is 22.8 Å². The first-order chi connectivity index (χ1) is 7.09. The largest absolute Gasteiger partial charge is 0.468 e. The highest BCUT2D eigenvalue weighted by atomic mass is 16.3. The minimum atomic E-state index is 0.308. The number of hydrogen-bond donors (Lipinski definition) is 1. The van der Waals surface area contributed by atoms with Gasteiger partial charge in [0.2, 0.25) is 0 Å². The Kier molecular flexibility index (Phi) is 4.89. The first kappa shape index (κ1) is 12.3. The SMILES string of the molecule is CC(C)CCC(C)N[C@H](C)c1ccco1. The fourth-order valence-corrected chi connectivity index (χ4v) is 1.71. The Morgan fingerprint density at radius 2 is 1.93 bits per heavy atom. The molecular formula is C13H23NO. The summed E-state index contributed by atoms with van der Waals surface area (Å²) < 4.78 is 5.36. The van der Waals surface area contributed by atoms with Gasteiger partial charge in [0, 0.05) is 6.04 Å². The summed E-state index contributed by atoms with van der Waals surface area (Å²) >= 11 is 0. The fourth-order valence-electron chi connectivity index (χ4n) is 1.71. The van der Waals surface area contributed by atoms with Gasteiger partial charge in [-0.15, -0.1) is 0 Å². The molecule has 0 bridgehead atoms. The topological polar surface area (TPSA) is 25.2 Å². The molecule has 0 aliphatic heterocycles. The molecule has 86 valence electrons. The summed E-state index contributed by atoms with van der Waals surface area (Å²) in [6.07, 6.45) is 4.23. The van der Waals surface area contributed by atoms with Gasteiger partial charge in [-0.1, -0.05) is 13.8 Å². The summed E-state index contributed by atoms with van der Waals surface area (Å²) in [7, 11) is 0. The molecule has 0 saturated heterocycles. The Labute approximate surface area is 93.1 Å². The monoisotopic (exact) mass is 209 g/mol. The summed E-state index contributed by atoms with van der Waals surface area (Å²) in [6.45, 7) is 8.91. The molecule has 0 aliphatic rings. The van der Waals surface area contributed by atoms with Crippen LogP contribution in [0, 0.1) is 5.92 Å². The standard InChI is InChI=1S/C13H23NO/c1-10(2)7-8-11(3)14-12(4)13-6-5-9-15-13/h5-6,9-12,14H,7-8H2,1-4H3/t11?,12-/m1/s1. The maximum atomic E-state index is 5.36. The van der Waals surface area contributed by atoms with Crippen molar-refractivity contribution < 1.29 is 4.42 Å². The molecule has 1 aromatic heterocycles. The summed E-state index contributed by atoms with van der Waals surface area (Å²) in [5.41, 5.74) is 0. The van der Waals surface area contributed by atoms with Crippen LogP contribution in [0.4, 0.5) is 0 Å². The lowest BCUT2D eigenvalue weighted by molar-refractivity contribution is 0.373. The minimum absolute atomic E-state index is 0.308. The van der Waals surface area contributed by atoms with Gasteiger partial charge in [-0.2, -0.15) is 0 Å². The third-order valence-corrected chi connectivity index (χ3v) is 2.68. The zero-order chi connectivity index (χ0) is 11.3. The van der Waals surface area contributed by atoms with Crippen LogP contribution in [0.5, 0.6) is 0 Å². The van der Waals surface area contributed by atoms with Gasteiger partial charge in [0.15, 0.2) is 0 Å². The van der Waals surface area contributed by atoms with Gasteiger partial charge in [-0.25, -0.2) is 0 Å². The second-order valence-corrected chi connectivity index (χ2v) is 4.78. The van der Waals surface area contributed by atoms with Gasteiger partial charge in [0.05, 0.1) is 12.3 Å². The van der Waals surface area contributed by atoms with E-state index in [0.717, 1.165) is 11.7 Å². The van der Waals surface area contributed by atoms with Crippen LogP contribution in [0.1, 0.15) is 52.3 Å². The van der Waals surface area contributed by atoms with E-state index in [1.165, 1.54) is 12.8 Å². The molecule has 0 saturated carbocycles. The van der Waals surface area contributed by atoms with Crippen LogP contribution < -0.4 is 5.32 Å². The maximum Gasteiger partial charge on any atom is 0.120 e. The zero-order valence-electron chi connectivity index (χ0n) is 10.3. The average Bonchev–Trinajstić information content (AvgIpc) is 2.67. The Morgan fingerprint density at radius 3 is 2.47 bits per heavy atom. The van der Waals surface area contributed by atoms with E-state index < -0.39 is 0 Å². The second kappa shape index (κ2) is 5.96. The molecule has 15 heavy (non-hydrogen) atoms. The fraction of sp³-hybridized carbons (Fsp3) is 0.692.